The van der Waals surface area contributed by atoms with Gasteiger partial charge in [0.25, 0.3) is 5.56 Å². The van der Waals surface area contributed by atoms with E-state index in [-0.39, 0.29) is 23.2 Å². The largest absolute Gasteiger partial charge is 0.320 e. The summed E-state index contributed by atoms with van der Waals surface area (Å²) in [6, 6.07) is 16.1. The molecule has 0 spiro atoms. The minimum absolute atomic E-state index is 0.128. The van der Waals surface area contributed by atoms with Gasteiger partial charge in [-0.05, 0) is 51.1 Å². The molecule has 0 aliphatic carbocycles. The second-order valence-electron chi connectivity index (χ2n) is 8.07. The minimum Gasteiger partial charge on any atom is -0.320 e. The van der Waals surface area contributed by atoms with Gasteiger partial charge in [0.15, 0.2) is 0 Å². The number of aromatic nitrogens is 2. The highest BCUT2D eigenvalue weighted by Crippen LogP contribution is 2.22. The van der Waals surface area contributed by atoms with Crippen molar-refractivity contribution in [1.29, 1.82) is 0 Å². The standard InChI is InChI=1S/C24H27FN4O2/c1-17-22(24(31)29(27(17)2)20-9-4-3-5-10-20)26-23(30)18-12-14-28(15-13-18)16-19-8-6-7-11-21(19)25/h3-11,18H,12-16H2,1-2H3,(H,26,30). The van der Waals surface area contributed by atoms with Crippen molar-refractivity contribution in [2.24, 2.45) is 13.0 Å². The van der Waals surface area contributed by atoms with E-state index in [9.17, 15) is 14.0 Å². The zero-order valence-corrected chi connectivity index (χ0v) is 17.8. The molecule has 162 valence electrons. The SMILES string of the molecule is Cc1c(NC(=O)C2CCN(Cc3ccccc3F)CC2)c(=O)n(-c2ccccc2)n1C. The predicted octanol–water partition coefficient (Wildman–Crippen LogP) is 3.47. The van der Waals surface area contributed by atoms with E-state index < -0.39 is 0 Å². The minimum atomic E-state index is -0.239. The van der Waals surface area contributed by atoms with E-state index in [2.05, 4.69) is 10.2 Å². The second-order valence-corrected chi connectivity index (χ2v) is 8.07. The van der Waals surface area contributed by atoms with Gasteiger partial charge in [-0.15, -0.1) is 0 Å². The lowest BCUT2D eigenvalue weighted by molar-refractivity contribution is -0.121. The second kappa shape index (κ2) is 8.89. The Kier molecular flexibility index (Phi) is 6.04. The molecule has 0 atom stereocenters. The van der Waals surface area contributed by atoms with E-state index in [1.165, 1.54) is 6.07 Å². The van der Waals surface area contributed by atoms with Crippen molar-refractivity contribution in [2.45, 2.75) is 26.3 Å². The Hall–Kier alpha value is -3.19. The van der Waals surface area contributed by atoms with Crippen molar-refractivity contribution in [3.63, 3.8) is 0 Å². The number of nitrogens with one attached hydrogen (secondary N) is 1. The van der Waals surface area contributed by atoms with Crippen LogP contribution >= 0.6 is 0 Å². The lowest BCUT2D eigenvalue weighted by atomic mass is 9.95. The third-order valence-corrected chi connectivity index (χ3v) is 6.11. The van der Waals surface area contributed by atoms with Crippen LogP contribution in [-0.2, 0) is 18.4 Å². The lowest BCUT2D eigenvalue weighted by Gasteiger charge is -2.31. The van der Waals surface area contributed by atoms with Crippen molar-refractivity contribution < 1.29 is 9.18 Å². The zero-order valence-electron chi connectivity index (χ0n) is 17.8. The highest BCUT2D eigenvalue weighted by atomic mass is 19.1. The van der Waals surface area contributed by atoms with Crippen LogP contribution in [0.25, 0.3) is 5.69 Å². The molecule has 1 aliphatic heterocycles. The number of carbonyl (C=O) groups is 1. The molecule has 1 N–H and O–H groups in total. The average molecular weight is 423 g/mol. The van der Waals surface area contributed by atoms with E-state index in [0.29, 0.717) is 49.4 Å². The molecule has 1 amide bonds. The number of nitrogens with zero attached hydrogens (tertiary/aromatic N) is 3. The van der Waals surface area contributed by atoms with Crippen LogP contribution in [0.5, 0.6) is 0 Å². The van der Waals surface area contributed by atoms with Gasteiger partial charge in [0, 0.05) is 25.1 Å². The Morgan fingerprint density at radius 2 is 1.71 bits per heavy atom. The first-order valence-corrected chi connectivity index (χ1v) is 10.6. The van der Waals surface area contributed by atoms with Crippen molar-refractivity contribution in [2.75, 3.05) is 18.4 Å². The molecule has 2 heterocycles. The Morgan fingerprint density at radius 3 is 2.39 bits per heavy atom. The maximum absolute atomic E-state index is 13.9. The van der Waals surface area contributed by atoms with Crippen molar-refractivity contribution in [1.82, 2.24) is 14.3 Å². The summed E-state index contributed by atoms with van der Waals surface area (Å²) in [5.41, 5.74) is 2.22. The number of piperidine rings is 1. The van der Waals surface area contributed by atoms with Gasteiger partial charge < -0.3 is 5.32 Å². The number of amides is 1. The number of halogens is 1. The number of carbonyl (C=O) groups excluding carboxylic acids is 1. The smallest absolute Gasteiger partial charge is 0.295 e. The Morgan fingerprint density at radius 1 is 1.06 bits per heavy atom. The monoisotopic (exact) mass is 422 g/mol. The first-order chi connectivity index (χ1) is 15.0. The van der Waals surface area contributed by atoms with Gasteiger partial charge in [0.05, 0.1) is 11.4 Å². The van der Waals surface area contributed by atoms with Crippen LogP contribution in [0.4, 0.5) is 10.1 Å². The zero-order chi connectivity index (χ0) is 22.0. The summed E-state index contributed by atoms with van der Waals surface area (Å²) >= 11 is 0. The third kappa shape index (κ3) is 4.32. The van der Waals surface area contributed by atoms with Crippen LogP contribution in [0.1, 0.15) is 24.1 Å². The molecular formula is C24H27FN4O2. The Bertz CT molecular complexity index is 1130. The van der Waals surface area contributed by atoms with Gasteiger partial charge in [-0.3, -0.25) is 19.2 Å². The summed E-state index contributed by atoms with van der Waals surface area (Å²) < 4.78 is 17.2. The number of para-hydroxylation sites is 1. The molecule has 2 aromatic carbocycles. The molecule has 0 saturated carbocycles. The van der Waals surface area contributed by atoms with Gasteiger partial charge in [0.2, 0.25) is 5.91 Å². The summed E-state index contributed by atoms with van der Waals surface area (Å²) in [6.45, 7) is 3.80. The normalized spacial score (nSPS) is 15.2. The quantitative estimate of drug-likeness (QED) is 0.685. The highest BCUT2D eigenvalue weighted by Gasteiger charge is 2.27. The predicted molar refractivity (Wildman–Crippen MR) is 119 cm³/mol. The topological polar surface area (TPSA) is 59.3 Å². The molecule has 0 unspecified atom stereocenters. The fourth-order valence-electron chi connectivity index (χ4n) is 4.16. The molecule has 0 radical (unpaired) electrons. The van der Waals surface area contributed by atoms with Gasteiger partial charge in [-0.1, -0.05) is 36.4 Å². The molecular weight excluding hydrogens is 395 g/mol. The fourth-order valence-corrected chi connectivity index (χ4v) is 4.16. The molecule has 1 fully saturated rings. The number of rotatable bonds is 5. The number of likely N-dealkylation sites (tertiary alicyclic amines) is 1. The van der Waals surface area contributed by atoms with Crippen LogP contribution in [0.15, 0.2) is 59.4 Å². The van der Waals surface area contributed by atoms with E-state index >= 15 is 0 Å². The molecule has 0 bridgehead atoms. The van der Waals surface area contributed by atoms with Crippen molar-refractivity contribution >= 4 is 11.6 Å². The fraction of sp³-hybridized carbons (Fsp3) is 0.333. The van der Waals surface area contributed by atoms with E-state index in [1.54, 1.807) is 28.5 Å². The van der Waals surface area contributed by atoms with Crippen LogP contribution in [0.3, 0.4) is 0 Å². The molecule has 4 rings (SSSR count). The summed E-state index contributed by atoms with van der Waals surface area (Å²) in [4.78, 5) is 28.1. The summed E-state index contributed by atoms with van der Waals surface area (Å²) in [7, 11) is 1.81. The van der Waals surface area contributed by atoms with Crippen molar-refractivity contribution in [3.05, 3.63) is 82.0 Å². The van der Waals surface area contributed by atoms with Crippen LogP contribution in [0.2, 0.25) is 0 Å². The first kappa shape index (κ1) is 21.1. The van der Waals surface area contributed by atoms with Gasteiger partial charge in [-0.2, -0.15) is 0 Å². The van der Waals surface area contributed by atoms with E-state index in [4.69, 9.17) is 0 Å². The maximum Gasteiger partial charge on any atom is 0.295 e. The van der Waals surface area contributed by atoms with Crippen molar-refractivity contribution in [3.8, 4) is 5.69 Å². The molecule has 3 aromatic rings. The molecule has 6 nitrogen and oxygen atoms in total. The third-order valence-electron chi connectivity index (χ3n) is 6.11. The van der Waals surface area contributed by atoms with Gasteiger partial charge in [0.1, 0.15) is 11.5 Å². The van der Waals surface area contributed by atoms with Crippen LogP contribution in [-0.4, -0.2) is 33.3 Å². The van der Waals surface area contributed by atoms with E-state index in [0.717, 1.165) is 5.69 Å². The number of benzene rings is 2. The molecule has 7 heteroatoms. The Balaban J connectivity index is 1.42. The molecule has 1 aliphatic rings. The number of anilines is 1. The highest BCUT2D eigenvalue weighted by molar-refractivity contribution is 5.93. The van der Waals surface area contributed by atoms with Crippen LogP contribution in [0, 0.1) is 18.7 Å². The average Bonchev–Trinajstić information content (AvgIpc) is 2.99. The summed E-state index contributed by atoms with van der Waals surface area (Å²) in [6.07, 6.45) is 1.36. The van der Waals surface area contributed by atoms with E-state index in [1.807, 2.05) is 43.3 Å². The number of hydrogen-bond acceptors (Lipinski definition) is 3. The first-order valence-electron chi connectivity index (χ1n) is 10.6. The van der Waals surface area contributed by atoms with Crippen LogP contribution < -0.4 is 10.9 Å². The van der Waals surface area contributed by atoms with Gasteiger partial charge >= 0.3 is 0 Å². The van der Waals surface area contributed by atoms with Gasteiger partial charge in [-0.25, -0.2) is 9.07 Å². The molecule has 1 saturated heterocycles. The number of hydrogen-bond donors (Lipinski definition) is 1. The molecule has 1 aromatic heterocycles. The summed E-state index contributed by atoms with van der Waals surface area (Å²) in [5, 5.41) is 2.88. The summed E-state index contributed by atoms with van der Waals surface area (Å²) in [5.74, 6) is -0.491. The lowest BCUT2D eigenvalue weighted by Crippen LogP contribution is -2.38. The maximum atomic E-state index is 13.9. The molecule has 31 heavy (non-hydrogen) atoms. The Labute approximate surface area is 180 Å².